The molecule has 1 fully saturated rings. The third-order valence-electron chi connectivity index (χ3n) is 5.72. The van der Waals surface area contributed by atoms with Gasteiger partial charge in [0, 0.05) is 17.2 Å². The average Bonchev–Trinajstić information content (AvgIpc) is 3.20. The average molecular weight is 471 g/mol. The summed E-state index contributed by atoms with van der Waals surface area (Å²) in [5.41, 5.74) is 3.41. The molecule has 9 nitrogen and oxygen atoms in total. The smallest absolute Gasteiger partial charge is 0.273 e. The van der Waals surface area contributed by atoms with Crippen molar-refractivity contribution in [2.24, 2.45) is 0 Å². The zero-order valence-electron chi connectivity index (χ0n) is 18.5. The van der Waals surface area contributed by atoms with Gasteiger partial charge in [-0.05, 0) is 36.4 Å². The Hall–Kier alpha value is -4.66. The molecular formula is C26H21N3O6. The zero-order chi connectivity index (χ0) is 24.4. The lowest BCUT2D eigenvalue weighted by atomic mass is 10.1. The minimum atomic E-state index is -1.23. The number of fused-ring (bicyclic) bond motifs is 1. The Labute approximate surface area is 200 Å². The van der Waals surface area contributed by atoms with Crippen LogP contribution in [0.3, 0.4) is 0 Å². The molecule has 2 aliphatic rings. The van der Waals surface area contributed by atoms with E-state index in [4.69, 9.17) is 9.47 Å². The van der Waals surface area contributed by atoms with E-state index in [1.165, 1.54) is 0 Å². The van der Waals surface area contributed by atoms with Crippen molar-refractivity contribution in [1.29, 1.82) is 0 Å². The molecular weight excluding hydrogens is 450 g/mol. The number of hydrogen-bond donors (Lipinski definition) is 1. The summed E-state index contributed by atoms with van der Waals surface area (Å²) in [6, 6.07) is 20.1. The van der Waals surface area contributed by atoms with E-state index in [0.29, 0.717) is 36.0 Å². The fraction of sp³-hybridized carbons (Fsp3) is 0.154. The number of hydrogen-bond acceptors (Lipinski definition) is 6. The lowest BCUT2D eigenvalue weighted by molar-refractivity contribution is -0.122. The summed E-state index contributed by atoms with van der Waals surface area (Å²) in [4.78, 5) is 53.7. The summed E-state index contributed by atoms with van der Waals surface area (Å²) in [6.45, 7) is 0.763. The number of carbonyl (C=O) groups is 4. The van der Waals surface area contributed by atoms with Crippen LogP contribution in [0.25, 0.3) is 0 Å². The van der Waals surface area contributed by atoms with E-state index in [9.17, 15) is 19.2 Å². The van der Waals surface area contributed by atoms with Crippen LogP contribution in [0.15, 0.2) is 78.9 Å². The van der Waals surface area contributed by atoms with Crippen LogP contribution in [0.1, 0.15) is 27.1 Å². The minimum absolute atomic E-state index is 0.263. The van der Waals surface area contributed by atoms with E-state index in [-0.39, 0.29) is 12.0 Å². The van der Waals surface area contributed by atoms with Crippen LogP contribution in [0.4, 0.5) is 5.69 Å². The van der Waals surface area contributed by atoms with Gasteiger partial charge in [-0.3, -0.25) is 24.6 Å². The highest BCUT2D eigenvalue weighted by Gasteiger charge is 2.45. The molecule has 1 unspecified atom stereocenters. The molecule has 0 spiro atoms. The normalized spacial score (nSPS) is 16.7. The second kappa shape index (κ2) is 9.30. The van der Waals surface area contributed by atoms with Gasteiger partial charge in [0.25, 0.3) is 17.7 Å². The summed E-state index contributed by atoms with van der Waals surface area (Å²) in [5.74, 6) is -1.38. The van der Waals surface area contributed by atoms with Crippen LogP contribution in [0.2, 0.25) is 0 Å². The fourth-order valence-corrected chi connectivity index (χ4v) is 4.01. The van der Waals surface area contributed by atoms with Crippen molar-refractivity contribution in [3.05, 3.63) is 90.0 Å². The summed E-state index contributed by atoms with van der Waals surface area (Å²) in [6.07, 6.45) is -0.291. The maximum absolute atomic E-state index is 13.5. The highest BCUT2D eigenvalue weighted by Crippen LogP contribution is 2.36. The molecule has 176 valence electrons. The molecule has 35 heavy (non-hydrogen) atoms. The van der Waals surface area contributed by atoms with Crippen LogP contribution < -0.4 is 19.8 Å². The molecule has 0 bridgehead atoms. The molecule has 1 N–H and O–H groups in total. The molecule has 3 aromatic rings. The first-order valence-electron chi connectivity index (χ1n) is 11.0. The van der Waals surface area contributed by atoms with Crippen molar-refractivity contribution in [1.82, 2.24) is 10.4 Å². The van der Waals surface area contributed by atoms with E-state index >= 15 is 0 Å². The zero-order valence-corrected chi connectivity index (χ0v) is 18.5. The first kappa shape index (κ1) is 22.1. The van der Waals surface area contributed by atoms with Gasteiger partial charge in [0.15, 0.2) is 11.5 Å². The minimum Gasteiger partial charge on any atom is -0.486 e. The van der Waals surface area contributed by atoms with Gasteiger partial charge in [0.2, 0.25) is 5.91 Å². The SMILES string of the molecule is O=C(NN(C(=O)c1ccccc1)C1CC(=O)N(c2ccc3c(c2)OCCO3)C1=O)c1ccccc1. The van der Waals surface area contributed by atoms with E-state index in [2.05, 4.69) is 5.43 Å². The number of benzene rings is 3. The highest BCUT2D eigenvalue weighted by molar-refractivity contribution is 6.23. The maximum Gasteiger partial charge on any atom is 0.273 e. The van der Waals surface area contributed by atoms with Gasteiger partial charge in [-0.1, -0.05) is 36.4 Å². The van der Waals surface area contributed by atoms with Crippen molar-refractivity contribution in [3.8, 4) is 11.5 Å². The highest BCUT2D eigenvalue weighted by atomic mass is 16.6. The lowest BCUT2D eigenvalue weighted by Crippen LogP contribution is -2.54. The molecule has 3 aromatic carbocycles. The van der Waals surface area contributed by atoms with Gasteiger partial charge in [-0.25, -0.2) is 9.91 Å². The summed E-state index contributed by atoms with van der Waals surface area (Å²) in [7, 11) is 0. The number of nitrogens with one attached hydrogen (secondary N) is 1. The molecule has 1 saturated heterocycles. The molecule has 0 aliphatic carbocycles. The molecule has 1 atom stereocenters. The van der Waals surface area contributed by atoms with E-state index in [0.717, 1.165) is 9.91 Å². The van der Waals surface area contributed by atoms with Crippen molar-refractivity contribution in [2.75, 3.05) is 18.1 Å². The molecule has 9 heteroatoms. The van der Waals surface area contributed by atoms with Crippen LogP contribution in [0, 0.1) is 0 Å². The number of rotatable bonds is 4. The molecule has 2 heterocycles. The van der Waals surface area contributed by atoms with Crippen LogP contribution in [0.5, 0.6) is 11.5 Å². The molecule has 5 rings (SSSR count). The molecule has 0 aromatic heterocycles. The van der Waals surface area contributed by atoms with Gasteiger partial charge in [0.1, 0.15) is 19.3 Å². The molecule has 0 radical (unpaired) electrons. The second-order valence-electron chi connectivity index (χ2n) is 7.96. The van der Waals surface area contributed by atoms with Gasteiger partial charge in [0.05, 0.1) is 12.1 Å². The summed E-state index contributed by atoms with van der Waals surface area (Å²) >= 11 is 0. The first-order chi connectivity index (χ1) is 17.0. The topological polar surface area (TPSA) is 105 Å². The number of carbonyl (C=O) groups excluding carboxylic acids is 4. The van der Waals surface area contributed by atoms with Crippen molar-refractivity contribution < 1.29 is 28.7 Å². The van der Waals surface area contributed by atoms with Gasteiger partial charge in [-0.2, -0.15) is 0 Å². The Morgan fingerprint density at radius 1 is 0.829 bits per heavy atom. The van der Waals surface area contributed by atoms with Crippen molar-refractivity contribution in [2.45, 2.75) is 12.5 Å². The Bertz CT molecular complexity index is 1290. The third kappa shape index (κ3) is 4.31. The third-order valence-corrected chi connectivity index (χ3v) is 5.72. The van der Waals surface area contributed by atoms with Gasteiger partial charge >= 0.3 is 0 Å². The number of anilines is 1. The number of imide groups is 1. The molecule has 2 aliphatic heterocycles. The van der Waals surface area contributed by atoms with E-state index < -0.39 is 29.7 Å². The number of hydrazine groups is 1. The van der Waals surface area contributed by atoms with Crippen molar-refractivity contribution in [3.63, 3.8) is 0 Å². The number of amides is 4. The quantitative estimate of drug-likeness (QED) is 0.463. The van der Waals surface area contributed by atoms with Gasteiger partial charge < -0.3 is 9.47 Å². The van der Waals surface area contributed by atoms with E-state index in [1.807, 2.05) is 0 Å². The van der Waals surface area contributed by atoms with Crippen molar-refractivity contribution >= 4 is 29.3 Å². The van der Waals surface area contributed by atoms with Gasteiger partial charge in [-0.15, -0.1) is 0 Å². The second-order valence-corrected chi connectivity index (χ2v) is 7.96. The first-order valence-corrected chi connectivity index (χ1v) is 11.0. The largest absolute Gasteiger partial charge is 0.486 e. The Morgan fingerprint density at radius 3 is 2.14 bits per heavy atom. The summed E-state index contributed by atoms with van der Waals surface area (Å²) < 4.78 is 11.1. The Morgan fingerprint density at radius 2 is 1.46 bits per heavy atom. The van der Waals surface area contributed by atoms with Crippen LogP contribution in [-0.4, -0.2) is 47.9 Å². The van der Waals surface area contributed by atoms with Crippen LogP contribution >= 0.6 is 0 Å². The Kier molecular flexibility index (Phi) is 5.88. The maximum atomic E-state index is 13.5. The summed E-state index contributed by atoms with van der Waals surface area (Å²) in [5, 5.41) is 0.947. The van der Waals surface area contributed by atoms with Crippen LogP contribution in [-0.2, 0) is 9.59 Å². The lowest BCUT2D eigenvalue weighted by Gasteiger charge is -2.28. The number of nitrogens with zero attached hydrogens (tertiary/aromatic N) is 2. The predicted molar refractivity (Wildman–Crippen MR) is 125 cm³/mol. The standard InChI is InChI=1S/C26H21N3O6/c30-23-16-20(26(33)28(23)19-11-12-21-22(15-19)35-14-13-34-21)29(25(32)18-9-5-2-6-10-18)27-24(31)17-7-3-1-4-8-17/h1-12,15,20H,13-14,16H2,(H,27,31). The Balaban J connectivity index is 1.46. The molecule has 0 saturated carbocycles. The number of ether oxygens (including phenoxy) is 2. The van der Waals surface area contributed by atoms with E-state index in [1.54, 1.807) is 78.9 Å². The predicted octanol–water partition coefficient (Wildman–Crippen LogP) is 2.58. The monoisotopic (exact) mass is 471 g/mol. The molecule has 4 amide bonds. The fourth-order valence-electron chi connectivity index (χ4n) is 4.01.